The summed E-state index contributed by atoms with van der Waals surface area (Å²) in [6, 6.07) is 7.63. The summed E-state index contributed by atoms with van der Waals surface area (Å²) in [4.78, 5) is 11.9. The minimum Gasteiger partial charge on any atom is -0.459 e. The lowest BCUT2D eigenvalue weighted by Crippen LogP contribution is -2.31. The van der Waals surface area contributed by atoms with E-state index in [0.717, 1.165) is 12.1 Å². The molecule has 0 amide bonds. The Morgan fingerprint density at radius 2 is 2.00 bits per heavy atom. The van der Waals surface area contributed by atoms with Gasteiger partial charge in [-0.05, 0) is 31.9 Å². The number of benzene rings is 1. The summed E-state index contributed by atoms with van der Waals surface area (Å²) in [6.07, 6.45) is 0. The summed E-state index contributed by atoms with van der Waals surface area (Å²) in [7, 11) is 0. The van der Waals surface area contributed by atoms with Gasteiger partial charge in [0.2, 0.25) is 0 Å². The van der Waals surface area contributed by atoms with Crippen LogP contribution in [0.1, 0.15) is 37.9 Å². The van der Waals surface area contributed by atoms with Gasteiger partial charge < -0.3 is 4.74 Å². The number of hydrogen-bond donors (Lipinski definition) is 1. The van der Waals surface area contributed by atoms with Crippen LogP contribution < -0.4 is 5.32 Å². The Morgan fingerprint density at radius 1 is 1.35 bits per heavy atom. The van der Waals surface area contributed by atoms with Crippen LogP contribution in [0.25, 0.3) is 0 Å². The number of carbonyl (C=O) groups is 1. The molecular formula is C13H18ClNO2. The number of fused-ring (bicyclic) bond motifs is 1. The normalized spacial score (nSPS) is 18.2. The van der Waals surface area contributed by atoms with Crippen LogP contribution in [0.4, 0.5) is 0 Å². The van der Waals surface area contributed by atoms with E-state index in [1.165, 1.54) is 5.56 Å². The van der Waals surface area contributed by atoms with Gasteiger partial charge in [-0.1, -0.05) is 24.3 Å². The molecular weight excluding hydrogens is 238 g/mol. The van der Waals surface area contributed by atoms with Crippen molar-refractivity contribution in [2.45, 2.75) is 39.0 Å². The van der Waals surface area contributed by atoms with Crippen molar-refractivity contribution in [2.75, 3.05) is 0 Å². The standard InChI is InChI=1S/C13H17NO2.ClH/c1-13(2,3)16-12(15)11-10-7-5-4-6-9(10)8-14-11;/h4-7,11,14H,8H2,1-3H3;1H. The SMILES string of the molecule is CC(C)(C)OC(=O)C1NCc2ccccc21.Cl. The predicted octanol–water partition coefficient (Wildman–Crippen LogP) is 2.59. The van der Waals surface area contributed by atoms with Gasteiger partial charge in [-0.15, -0.1) is 12.4 Å². The Hall–Kier alpha value is -1.06. The Bertz CT molecular complexity index is 412. The molecule has 1 unspecified atom stereocenters. The summed E-state index contributed by atoms with van der Waals surface area (Å²) in [6.45, 7) is 6.38. The van der Waals surface area contributed by atoms with Crippen molar-refractivity contribution in [3.63, 3.8) is 0 Å². The lowest BCUT2D eigenvalue weighted by molar-refractivity contribution is -0.157. The second kappa shape index (κ2) is 5.07. The van der Waals surface area contributed by atoms with Crippen LogP contribution in [0, 0.1) is 0 Å². The van der Waals surface area contributed by atoms with Gasteiger partial charge in [-0.2, -0.15) is 0 Å². The fourth-order valence-electron chi connectivity index (χ4n) is 1.87. The fraction of sp³-hybridized carbons (Fsp3) is 0.462. The molecule has 0 spiro atoms. The molecule has 4 heteroatoms. The van der Waals surface area contributed by atoms with Crippen molar-refractivity contribution in [2.24, 2.45) is 0 Å². The zero-order chi connectivity index (χ0) is 11.8. The van der Waals surface area contributed by atoms with Crippen LogP contribution in [0.2, 0.25) is 0 Å². The molecule has 1 N–H and O–H groups in total. The summed E-state index contributed by atoms with van der Waals surface area (Å²) in [5.41, 5.74) is 1.78. The van der Waals surface area contributed by atoms with Crippen LogP contribution in [0.3, 0.4) is 0 Å². The predicted molar refractivity (Wildman–Crippen MR) is 69.1 cm³/mol. The first-order chi connectivity index (χ1) is 7.47. The lowest BCUT2D eigenvalue weighted by atomic mass is 10.1. The quantitative estimate of drug-likeness (QED) is 0.784. The molecule has 3 nitrogen and oxygen atoms in total. The van der Waals surface area contributed by atoms with E-state index >= 15 is 0 Å². The fourth-order valence-corrected chi connectivity index (χ4v) is 1.87. The van der Waals surface area contributed by atoms with E-state index in [2.05, 4.69) is 5.32 Å². The highest BCUT2D eigenvalue weighted by molar-refractivity contribution is 5.85. The van der Waals surface area contributed by atoms with Gasteiger partial charge in [-0.25, -0.2) is 4.79 Å². The number of rotatable bonds is 1. The number of nitrogens with one attached hydrogen (secondary N) is 1. The van der Waals surface area contributed by atoms with E-state index < -0.39 is 5.60 Å². The first-order valence-electron chi connectivity index (χ1n) is 5.51. The molecule has 17 heavy (non-hydrogen) atoms. The largest absolute Gasteiger partial charge is 0.459 e. The van der Waals surface area contributed by atoms with Crippen molar-refractivity contribution >= 4 is 18.4 Å². The zero-order valence-corrected chi connectivity index (χ0v) is 11.1. The molecule has 2 rings (SSSR count). The summed E-state index contributed by atoms with van der Waals surface area (Å²) in [5.74, 6) is -0.197. The van der Waals surface area contributed by atoms with E-state index in [4.69, 9.17) is 4.74 Å². The minimum atomic E-state index is -0.434. The third-order valence-corrected chi connectivity index (χ3v) is 2.51. The maximum absolute atomic E-state index is 11.9. The molecule has 0 aromatic heterocycles. The van der Waals surface area contributed by atoms with E-state index in [1.807, 2.05) is 45.0 Å². The molecule has 0 aliphatic carbocycles. The second-order valence-electron chi connectivity index (χ2n) is 5.05. The Morgan fingerprint density at radius 3 is 2.65 bits per heavy atom. The van der Waals surface area contributed by atoms with Crippen molar-refractivity contribution < 1.29 is 9.53 Å². The molecule has 1 aliphatic rings. The van der Waals surface area contributed by atoms with Crippen molar-refractivity contribution in [1.82, 2.24) is 5.32 Å². The summed E-state index contributed by atoms with van der Waals surface area (Å²) < 4.78 is 5.38. The van der Waals surface area contributed by atoms with Gasteiger partial charge in [0.05, 0.1) is 0 Å². The highest BCUT2D eigenvalue weighted by Gasteiger charge is 2.31. The number of esters is 1. The maximum atomic E-state index is 11.9. The average Bonchev–Trinajstić information content (AvgIpc) is 2.58. The van der Waals surface area contributed by atoms with Gasteiger partial charge in [-0.3, -0.25) is 5.32 Å². The van der Waals surface area contributed by atoms with Crippen molar-refractivity contribution in [3.8, 4) is 0 Å². The first-order valence-corrected chi connectivity index (χ1v) is 5.51. The number of halogens is 1. The van der Waals surface area contributed by atoms with Crippen LogP contribution >= 0.6 is 12.4 Å². The van der Waals surface area contributed by atoms with E-state index in [1.54, 1.807) is 0 Å². The van der Waals surface area contributed by atoms with E-state index in [9.17, 15) is 4.79 Å². The Kier molecular flexibility index (Phi) is 4.17. The Labute approximate surface area is 108 Å². The van der Waals surface area contributed by atoms with Crippen LogP contribution in [-0.2, 0) is 16.1 Å². The number of carbonyl (C=O) groups excluding carboxylic acids is 1. The van der Waals surface area contributed by atoms with Gasteiger partial charge in [0.25, 0.3) is 0 Å². The van der Waals surface area contributed by atoms with Gasteiger partial charge in [0.15, 0.2) is 0 Å². The monoisotopic (exact) mass is 255 g/mol. The highest BCUT2D eigenvalue weighted by atomic mass is 35.5. The zero-order valence-electron chi connectivity index (χ0n) is 10.3. The minimum absolute atomic E-state index is 0. The highest BCUT2D eigenvalue weighted by Crippen LogP contribution is 2.27. The lowest BCUT2D eigenvalue weighted by Gasteiger charge is -2.22. The molecule has 0 bridgehead atoms. The molecule has 0 saturated heterocycles. The molecule has 0 fully saturated rings. The smallest absolute Gasteiger partial charge is 0.328 e. The van der Waals surface area contributed by atoms with E-state index in [0.29, 0.717) is 0 Å². The van der Waals surface area contributed by atoms with Crippen molar-refractivity contribution in [1.29, 1.82) is 0 Å². The first kappa shape index (κ1) is 14.0. The third kappa shape index (κ3) is 3.20. The summed E-state index contributed by atoms with van der Waals surface area (Å²) in [5, 5.41) is 3.17. The van der Waals surface area contributed by atoms with Crippen LogP contribution in [0.15, 0.2) is 24.3 Å². The molecule has 1 aromatic rings. The van der Waals surface area contributed by atoms with Crippen LogP contribution in [0.5, 0.6) is 0 Å². The van der Waals surface area contributed by atoms with E-state index in [-0.39, 0.29) is 24.4 Å². The number of hydrogen-bond acceptors (Lipinski definition) is 3. The molecule has 0 saturated carbocycles. The van der Waals surface area contributed by atoms with Gasteiger partial charge in [0, 0.05) is 6.54 Å². The molecule has 1 heterocycles. The maximum Gasteiger partial charge on any atom is 0.328 e. The average molecular weight is 256 g/mol. The summed E-state index contributed by atoms with van der Waals surface area (Å²) >= 11 is 0. The molecule has 1 aliphatic heterocycles. The number of ether oxygens (including phenoxy) is 1. The van der Waals surface area contributed by atoms with Gasteiger partial charge in [0.1, 0.15) is 11.6 Å². The molecule has 0 radical (unpaired) electrons. The second-order valence-corrected chi connectivity index (χ2v) is 5.05. The molecule has 94 valence electrons. The third-order valence-electron chi connectivity index (χ3n) is 2.51. The van der Waals surface area contributed by atoms with Crippen molar-refractivity contribution in [3.05, 3.63) is 35.4 Å². The molecule has 1 atom stereocenters. The van der Waals surface area contributed by atoms with Gasteiger partial charge >= 0.3 is 5.97 Å². The topological polar surface area (TPSA) is 38.3 Å². The molecule has 1 aromatic carbocycles. The van der Waals surface area contributed by atoms with Crippen LogP contribution in [-0.4, -0.2) is 11.6 Å². The Balaban J connectivity index is 0.00000144.